The lowest BCUT2D eigenvalue weighted by Crippen LogP contribution is -2.29. The summed E-state index contributed by atoms with van der Waals surface area (Å²) < 4.78 is 39.3. The number of aryl methyl sites for hydroxylation is 4. The van der Waals surface area contributed by atoms with Crippen LogP contribution in [0.2, 0.25) is 0 Å². The van der Waals surface area contributed by atoms with Gasteiger partial charge in [0.25, 0.3) is 0 Å². The second-order valence-electron chi connectivity index (χ2n) is 31.9. The SMILES string of the molecule is Cc1cc(OC(CCO)C(=O)O)c(C2CCCCC2)cc1C(c1cc(C2CCCCC2)c(OC(CCO)C(=O)O)cc1C)c1cc(Cc2ccc(OC(CCO)C(=O)O)c(C(c3cc(C4CCCCC4)c(OC(CCO)C(=O)O)cc3C)c3cc(C4CCCCC4)c(OC(CCO)C(=O)O)cc3C)c2)ccc1OC(CCO)C(=O)O. The van der Waals surface area contributed by atoms with E-state index in [9.17, 15) is 90.0 Å². The van der Waals surface area contributed by atoms with E-state index in [4.69, 9.17) is 28.4 Å². The van der Waals surface area contributed by atoms with Crippen LogP contribution in [-0.2, 0) is 35.2 Å². The van der Waals surface area contributed by atoms with E-state index in [-0.39, 0.29) is 80.1 Å². The number of aliphatic hydroxyl groups is 6. The van der Waals surface area contributed by atoms with E-state index < -0.39 is 124 Å². The highest BCUT2D eigenvalue weighted by atomic mass is 16.5. The third-order valence-electron chi connectivity index (χ3n) is 23.8. The lowest BCUT2D eigenvalue weighted by Gasteiger charge is -2.32. The lowest BCUT2D eigenvalue weighted by atomic mass is 9.75. The number of carbonyl (C=O) groups is 6. The van der Waals surface area contributed by atoms with E-state index >= 15 is 0 Å². The molecule has 115 heavy (non-hydrogen) atoms. The van der Waals surface area contributed by atoms with Gasteiger partial charge in [-0.2, -0.15) is 0 Å². The van der Waals surface area contributed by atoms with Gasteiger partial charge >= 0.3 is 35.8 Å². The summed E-state index contributed by atoms with van der Waals surface area (Å²) in [5.74, 6) is -8.41. The molecule has 4 aliphatic rings. The van der Waals surface area contributed by atoms with E-state index in [1.165, 1.54) is 0 Å². The minimum Gasteiger partial charge on any atom is -0.479 e. The molecule has 0 heterocycles. The first kappa shape index (κ1) is 88.1. The van der Waals surface area contributed by atoms with Crippen molar-refractivity contribution < 1.29 is 118 Å². The van der Waals surface area contributed by atoms with Crippen LogP contribution in [0, 0.1) is 27.7 Å². The number of aliphatic carboxylic acids is 6. The van der Waals surface area contributed by atoms with Gasteiger partial charge in [-0.15, -0.1) is 0 Å². The topological polar surface area (TPSA) is 401 Å². The monoisotopic (exact) mass is 1590 g/mol. The summed E-state index contributed by atoms with van der Waals surface area (Å²) in [6, 6.07) is 26.4. The number of benzene rings is 6. The van der Waals surface area contributed by atoms with Crippen LogP contribution in [0.15, 0.2) is 84.9 Å². The van der Waals surface area contributed by atoms with Crippen molar-refractivity contribution in [3.63, 3.8) is 0 Å². The van der Waals surface area contributed by atoms with Crippen LogP contribution in [0.4, 0.5) is 0 Å². The van der Waals surface area contributed by atoms with Crippen molar-refractivity contribution in [2.45, 2.75) is 273 Å². The Bertz CT molecular complexity index is 3850. The Morgan fingerprint density at radius 2 is 0.478 bits per heavy atom. The molecule has 0 saturated heterocycles. The van der Waals surface area contributed by atoms with Crippen molar-refractivity contribution in [1.82, 2.24) is 0 Å². The minimum atomic E-state index is -1.57. The maximum absolute atomic E-state index is 13.4. The first-order valence-electron chi connectivity index (χ1n) is 41.2. The summed E-state index contributed by atoms with van der Waals surface area (Å²) in [6.07, 6.45) is 6.78. The summed E-state index contributed by atoms with van der Waals surface area (Å²) in [5, 5.41) is 126. The second-order valence-corrected chi connectivity index (χ2v) is 31.9. The molecule has 6 unspecified atom stereocenters. The molecular weight excluding hydrogens is 1480 g/mol. The van der Waals surface area contributed by atoms with Crippen LogP contribution in [0.25, 0.3) is 0 Å². The Morgan fingerprint density at radius 1 is 0.278 bits per heavy atom. The van der Waals surface area contributed by atoms with Crippen molar-refractivity contribution in [3.8, 4) is 34.5 Å². The lowest BCUT2D eigenvalue weighted by molar-refractivity contribution is -0.146. The first-order valence-corrected chi connectivity index (χ1v) is 41.2. The molecule has 24 nitrogen and oxygen atoms in total. The van der Waals surface area contributed by atoms with Crippen LogP contribution in [0.1, 0.15) is 291 Å². The Balaban J connectivity index is 1.29. The van der Waals surface area contributed by atoms with Crippen LogP contribution in [-0.4, -0.2) is 173 Å². The molecule has 0 radical (unpaired) electrons. The van der Waals surface area contributed by atoms with E-state index in [1.807, 2.05) is 100 Å². The van der Waals surface area contributed by atoms with Gasteiger partial charge in [0.2, 0.25) is 0 Å². The quantitative estimate of drug-likeness (QED) is 0.0158. The van der Waals surface area contributed by atoms with Gasteiger partial charge < -0.3 is 89.7 Å². The van der Waals surface area contributed by atoms with Crippen molar-refractivity contribution >= 4 is 35.8 Å². The summed E-state index contributed by atoms with van der Waals surface area (Å²) >= 11 is 0. The molecule has 4 fully saturated rings. The zero-order chi connectivity index (χ0) is 82.6. The Labute approximate surface area is 672 Å². The molecule has 6 aromatic carbocycles. The fourth-order valence-corrected chi connectivity index (χ4v) is 17.8. The van der Waals surface area contributed by atoms with Crippen LogP contribution in [0.3, 0.4) is 0 Å². The standard InChI is InChI=1S/C91H116O24/c1-52-41-80(112-76(31-37-94)88(102)103)66(58-17-9-5-10-18-58)48-62(52)84(63-49-67(59-19-11-6-12-20-59)81(42-53(63)2)113-77(32-38-95)89(104)105)70-46-56(25-27-72(70)110-74(29-35-92)86(98)99)45-57-26-28-73(111-75(30-36-93)87(100)101)71(47-57)85(64-50-68(60-21-13-7-14-22-60)82(43-54(64)3)114-78(33-39-96)90(106)107)65-51-69(61-23-15-8-16-24-61)83(44-55(65)4)115-79(34-40-97)91(108)109/h25-28,41-44,46-51,58-61,74-79,84-85,92-97H,5-24,29-40,45H2,1-4H3,(H,98,99)(H,100,101)(H,102,103)(H,104,105)(H,106,107)(H,108,109). The largest absolute Gasteiger partial charge is 0.479 e. The van der Waals surface area contributed by atoms with Gasteiger partial charge in [0.05, 0.1) is 0 Å². The molecule has 0 spiro atoms. The maximum Gasteiger partial charge on any atom is 0.344 e. The molecule has 12 N–H and O–H groups in total. The molecule has 10 rings (SSSR count). The summed E-state index contributed by atoms with van der Waals surface area (Å²) in [6.45, 7) is 4.58. The third kappa shape index (κ3) is 22.3. The zero-order valence-corrected chi connectivity index (χ0v) is 66.6. The van der Waals surface area contributed by atoms with Crippen LogP contribution in [0.5, 0.6) is 34.5 Å². The number of carboxylic acid groups (broad SMARTS) is 6. The van der Waals surface area contributed by atoms with Crippen molar-refractivity contribution in [1.29, 1.82) is 0 Å². The fraction of sp³-hybridized carbons (Fsp3) is 0.538. The second kappa shape index (κ2) is 42.0. The minimum absolute atomic E-state index is 0.111. The van der Waals surface area contributed by atoms with Gasteiger partial charge in [0.15, 0.2) is 36.6 Å². The van der Waals surface area contributed by atoms with Crippen molar-refractivity contribution in [3.05, 3.63) is 174 Å². The summed E-state index contributed by atoms with van der Waals surface area (Å²) in [7, 11) is 0. The molecule has 4 aliphatic carbocycles. The van der Waals surface area contributed by atoms with E-state index in [1.54, 1.807) is 12.1 Å². The molecule has 24 heteroatoms. The van der Waals surface area contributed by atoms with E-state index in [2.05, 4.69) is 0 Å². The molecular formula is C91H116O24. The van der Waals surface area contributed by atoms with Crippen LogP contribution < -0.4 is 28.4 Å². The number of carboxylic acids is 6. The smallest absolute Gasteiger partial charge is 0.344 e. The Morgan fingerprint density at radius 3 is 0.670 bits per heavy atom. The highest BCUT2D eigenvalue weighted by molar-refractivity contribution is 5.76. The predicted octanol–water partition coefficient (Wildman–Crippen LogP) is 14.3. The molecule has 624 valence electrons. The first-order chi connectivity index (χ1) is 55.4. The Hall–Kier alpha value is -9.30. The number of ether oxygens (including phenoxy) is 6. The van der Waals surface area contributed by atoms with Gasteiger partial charge in [0.1, 0.15) is 34.5 Å². The third-order valence-corrected chi connectivity index (χ3v) is 23.8. The summed E-state index contributed by atoms with van der Waals surface area (Å²) in [5.41, 5.74) is 10.5. The number of aliphatic hydroxyl groups excluding tert-OH is 6. The normalized spacial score (nSPS) is 17.4. The number of hydrogen-bond acceptors (Lipinski definition) is 18. The van der Waals surface area contributed by atoms with Crippen LogP contribution >= 0.6 is 0 Å². The van der Waals surface area contributed by atoms with Crippen molar-refractivity contribution in [2.75, 3.05) is 39.6 Å². The predicted molar refractivity (Wildman–Crippen MR) is 428 cm³/mol. The van der Waals surface area contributed by atoms with E-state index in [0.29, 0.717) is 89.8 Å². The van der Waals surface area contributed by atoms with Gasteiger partial charge in [0, 0.05) is 101 Å². The van der Waals surface area contributed by atoms with Crippen molar-refractivity contribution in [2.24, 2.45) is 0 Å². The molecule has 6 atom stereocenters. The molecule has 0 aliphatic heterocycles. The highest BCUT2D eigenvalue weighted by Gasteiger charge is 2.38. The number of hydrogen-bond donors (Lipinski definition) is 12. The summed E-state index contributed by atoms with van der Waals surface area (Å²) in [4.78, 5) is 78.5. The molecule has 0 bridgehead atoms. The average Bonchev–Trinajstić information content (AvgIpc) is 0.754. The highest BCUT2D eigenvalue weighted by Crippen LogP contribution is 2.52. The number of rotatable bonds is 42. The molecule has 0 aromatic heterocycles. The van der Waals surface area contributed by atoms with Gasteiger partial charge in [-0.3, -0.25) is 0 Å². The zero-order valence-electron chi connectivity index (χ0n) is 66.6. The molecule has 0 amide bonds. The van der Waals surface area contributed by atoms with Gasteiger partial charge in [-0.25, -0.2) is 28.8 Å². The van der Waals surface area contributed by atoms with E-state index in [0.717, 1.165) is 151 Å². The fourth-order valence-electron chi connectivity index (χ4n) is 17.8. The molecule has 6 aromatic rings. The average molecular weight is 1590 g/mol. The Kier molecular flexibility index (Phi) is 32.2. The van der Waals surface area contributed by atoms with Gasteiger partial charge in [-0.1, -0.05) is 126 Å². The van der Waals surface area contributed by atoms with Gasteiger partial charge in [-0.05, 0) is 223 Å². The molecule has 4 saturated carbocycles. The maximum atomic E-state index is 13.4.